The Morgan fingerprint density at radius 3 is 2.11 bits per heavy atom. The van der Waals surface area contributed by atoms with E-state index < -0.39 is 26.4 Å². The van der Waals surface area contributed by atoms with E-state index in [9.17, 15) is 18.0 Å². The molecule has 3 N–H and O–H groups in total. The second-order valence-electron chi connectivity index (χ2n) is 7.35. The largest absolute Gasteiger partial charge is 0.366 e. The number of sulfone groups is 1. The van der Waals surface area contributed by atoms with Gasteiger partial charge >= 0.3 is 0 Å². The minimum absolute atomic E-state index is 0.178. The molecule has 6 nitrogen and oxygen atoms in total. The molecule has 2 aromatic carbocycles. The monoisotopic (exact) mass is 400 g/mol. The molecule has 1 saturated carbocycles. The Labute approximate surface area is 165 Å². The summed E-state index contributed by atoms with van der Waals surface area (Å²) in [5.74, 6) is -1.10. The zero-order chi connectivity index (χ0) is 20.5. The molecule has 0 bridgehead atoms. The Morgan fingerprint density at radius 1 is 0.964 bits per heavy atom. The maximum atomic E-state index is 13.5. The van der Waals surface area contributed by atoms with Gasteiger partial charge in [0, 0.05) is 11.3 Å². The van der Waals surface area contributed by atoms with Gasteiger partial charge in [0.15, 0.2) is 14.6 Å². The number of amides is 2. The molecular formula is C21H24N2O4S. The molecule has 0 aliphatic heterocycles. The molecular weight excluding hydrogens is 376 g/mol. The van der Waals surface area contributed by atoms with Crippen LogP contribution in [0.1, 0.15) is 47.2 Å². The summed E-state index contributed by atoms with van der Waals surface area (Å²) in [7, 11) is -3.87. The van der Waals surface area contributed by atoms with Crippen LogP contribution in [-0.2, 0) is 14.6 Å². The summed E-state index contributed by atoms with van der Waals surface area (Å²) in [5.41, 5.74) is 7.84. The van der Waals surface area contributed by atoms with Gasteiger partial charge in [-0.3, -0.25) is 9.59 Å². The highest BCUT2D eigenvalue weighted by Crippen LogP contribution is 2.41. The number of nitrogens with two attached hydrogens (primary N) is 1. The molecule has 0 unspecified atom stereocenters. The van der Waals surface area contributed by atoms with Gasteiger partial charge in [-0.25, -0.2) is 8.42 Å². The van der Waals surface area contributed by atoms with Gasteiger partial charge in [0.25, 0.3) is 0 Å². The normalized spacial score (nSPS) is 15.9. The number of aryl methyl sites for hydroxylation is 2. The Morgan fingerprint density at radius 2 is 1.57 bits per heavy atom. The van der Waals surface area contributed by atoms with E-state index in [0.717, 1.165) is 11.1 Å². The first-order valence-electron chi connectivity index (χ1n) is 9.21. The summed E-state index contributed by atoms with van der Waals surface area (Å²) in [5, 5.41) is 2.72. The molecule has 0 aromatic heterocycles. The van der Waals surface area contributed by atoms with Crippen molar-refractivity contribution in [1.29, 1.82) is 0 Å². The number of carbonyl (C=O) groups is 2. The molecule has 148 valence electrons. The third-order valence-electron chi connectivity index (χ3n) is 5.56. The number of rotatable bonds is 5. The van der Waals surface area contributed by atoms with Gasteiger partial charge in [0.05, 0.1) is 4.90 Å². The van der Waals surface area contributed by atoms with E-state index in [0.29, 0.717) is 24.1 Å². The van der Waals surface area contributed by atoms with Crippen LogP contribution >= 0.6 is 0 Å². The molecule has 2 aromatic rings. The smallest absolute Gasteiger partial charge is 0.248 e. The Bertz CT molecular complexity index is 1020. The van der Waals surface area contributed by atoms with Gasteiger partial charge in [-0.15, -0.1) is 0 Å². The van der Waals surface area contributed by atoms with Crippen LogP contribution in [0.2, 0.25) is 0 Å². The summed E-state index contributed by atoms with van der Waals surface area (Å²) in [6, 6.07) is 11.1. The van der Waals surface area contributed by atoms with E-state index >= 15 is 0 Å². The van der Waals surface area contributed by atoms with Crippen molar-refractivity contribution in [3.63, 3.8) is 0 Å². The molecule has 2 amide bonds. The third kappa shape index (κ3) is 3.42. The second kappa shape index (κ2) is 7.39. The van der Waals surface area contributed by atoms with Crippen molar-refractivity contribution < 1.29 is 18.0 Å². The second-order valence-corrected chi connectivity index (χ2v) is 9.61. The van der Waals surface area contributed by atoms with Gasteiger partial charge < -0.3 is 11.1 Å². The summed E-state index contributed by atoms with van der Waals surface area (Å²) >= 11 is 0. The Hall–Kier alpha value is -2.67. The molecule has 28 heavy (non-hydrogen) atoms. The summed E-state index contributed by atoms with van der Waals surface area (Å²) in [6.45, 7) is 3.77. The topological polar surface area (TPSA) is 106 Å². The van der Waals surface area contributed by atoms with Crippen molar-refractivity contribution in [3.8, 4) is 0 Å². The Kier molecular flexibility index (Phi) is 5.30. The van der Waals surface area contributed by atoms with Gasteiger partial charge in [0.1, 0.15) is 0 Å². The predicted molar refractivity (Wildman–Crippen MR) is 108 cm³/mol. The van der Waals surface area contributed by atoms with E-state index in [4.69, 9.17) is 5.73 Å². The average Bonchev–Trinajstić information content (AvgIpc) is 3.16. The van der Waals surface area contributed by atoms with E-state index in [2.05, 4.69) is 5.32 Å². The molecule has 3 rings (SSSR count). The summed E-state index contributed by atoms with van der Waals surface area (Å²) in [6.07, 6.45) is 1.93. The van der Waals surface area contributed by atoms with E-state index in [1.54, 1.807) is 30.3 Å². The first-order valence-corrected chi connectivity index (χ1v) is 10.7. The zero-order valence-electron chi connectivity index (χ0n) is 16.0. The lowest BCUT2D eigenvalue weighted by Gasteiger charge is -2.28. The van der Waals surface area contributed by atoms with Crippen LogP contribution in [0.15, 0.2) is 47.4 Å². The number of carbonyl (C=O) groups excluding carboxylic acids is 2. The molecule has 0 saturated heterocycles. The Balaban J connectivity index is 1.95. The summed E-state index contributed by atoms with van der Waals surface area (Å²) < 4.78 is 25.5. The molecule has 1 aliphatic carbocycles. The number of hydrogen-bond acceptors (Lipinski definition) is 4. The fourth-order valence-corrected chi connectivity index (χ4v) is 5.78. The number of nitrogens with one attached hydrogen (secondary N) is 1. The average molecular weight is 401 g/mol. The predicted octanol–water partition coefficient (Wildman–Crippen LogP) is 3.13. The minimum atomic E-state index is -3.87. The van der Waals surface area contributed by atoms with Gasteiger partial charge in [0.2, 0.25) is 11.8 Å². The van der Waals surface area contributed by atoms with Crippen molar-refractivity contribution in [2.75, 3.05) is 5.32 Å². The molecule has 1 fully saturated rings. The lowest BCUT2D eigenvalue weighted by Crippen LogP contribution is -2.47. The summed E-state index contributed by atoms with van der Waals surface area (Å²) in [4.78, 5) is 24.5. The molecule has 1 aliphatic rings. The highest BCUT2D eigenvalue weighted by molar-refractivity contribution is 7.93. The molecule has 0 atom stereocenters. The highest BCUT2D eigenvalue weighted by Gasteiger charge is 2.53. The minimum Gasteiger partial charge on any atom is -0.366 e. The zero-order valence-corrected chi connectivity index (χ0v) is 16.8. The maximum absolute atomic E-state index is 13.5. The van der Waals surface area contributed by atoms with Crippen molar-refractivity contribution in [1.82, 2.24) is 0 Å². The molecule has 7 heteroatoms. The van der Waals surface area contributed by atoms with Crippen LogP contribution in [0, 0.1) is 13.8 Å². The maximum Gasteiger partial charge on any atom is 0.248 e. The van der Waals surface area contributed by atoms with Crippen LogP contribution in [0.25, 0.3) is 0 Å². The lowest BCUT2D eigenvalue weighted by atomic mass is 10.1. The van der Waals surface area contributed by atoms with Crippen LogP contribution in [-0.4, -0.2) is 25.0 Å². The van der Waals surface area contributed by atoms with Crippen LogP contribution in [0.5, 0.6) is 0 Å². The van der Waals surface area contributed by atoms with E-state index in [1.165, 1.54) is 12.1 Å². The third-order valence-corrected chi connectivity index (χ3v) is 8.05. The van der Waals surface area contributed by atoms with E-state index in [-0.39, 0.29) is 17.7 Å². The van der Waals surface area contributed by atoms with Crippen LogP contribution < -0.4 is 11.1 Å². The fourth-order valence-electron chi connectivity index (χ4n) is 3.63. The number of primary amides is 1. The standard InChI is InChI=1S/C21H24N2O4S/c1-14-5-10-18(13-15(14)2)28(26,27)21(11-3-4-12-21)20(25)23-17-8-6-16(7-9-17)19(22)24/h5-10,13H,3-4,11-12H2,1-2H3,(H2,22,24)(H,23,25). The van der Waals surface area contributed by atoms with Gasteiger partial charge in [-0.05, 0) is 74.2 Å². The van der Waals surface area contributed by atoms with Crippen molar-refractivity contribution in [3.05, 3.63) is 59.2 Å². The van der Waals surface area contributed by atoms with E-state index in [1.807, 2.05) is 13.8 Å². The van der Waals surface area contributed by atoms with Gasteiger partial charge in [-0.1, -0.05) is 18.9 Å². The van der Waals surface area contributed by atoms with Crippen LogP contribution in [0.3, 0.4) is 0 Å². The van der Waals surface area contributed by atoms with Crippen molar-refractivity contribution in [2.45, 2.75) is 49.2 Å². The molecule has 0 heterocycles. The van der Waals surface area contributed by atoms with Gasteiger partial charge in [-0.2, -0.15) is 0 Å². The molecule has 0 spiro atoms. The first kappa shape index (κ1) is 20.1. The SMILES string of the molecule is Cc1ccc(S(=O)(=O)C2(C(=O)Nc3ccc(C(N)=O)cc3)CCCC2)cc1C. The first-order chi connectivity index (χ1) is 13.2. The van der Waals surface area contributed by atoms with Crippen molar-refractivity contribution in [2.24, 2.45) is 5.73 Å². The van der Waals surface area contributed by atoms with Crippen LogP contribution in [0.4, 0.5) is 5.69 Å². The fraction of sp³-hybridized carbons (Fsp3) is 0.333. The quantitative estimate of drug-likeness (QED) is 0.804. The lowest BCUT2D eigenvalue weighted by molar-refractivity contribution is -0.118. The number of anilines is 1. The van der Waals surface area contributed by atoms with Crippen molar-refractivity contribution >= 4 is 27.3 Å². The number of hydrogen-bond donors (Lipinski definition) is 2. The molecule has 0 radical (unpaired) electrons. The highest BCUT2D eigenvalue weighted by atomic mass is 32.2. The number of benzene rings is 2.